The average Bonchev–Trinajstić information content (AvgIpc) is 3.26. The van der Waals surface area contributed by atoms with Gasteiger partial charge in [-0.15, -0.1) is 11.3 Å². The molecule has 1 aliphatic heterocycles. The van der Waals surface area contributed by atoms with Crippen LogP contribution in [-0.4, -0.2) is 68.8 Å². The van der Waals surface area contributed by atoms with Crippen LogP contribution in [0.5, 0.6) is 0 Å². The van der Waals surface area contributed by atoms with Gasteiger partial charge in [-0.25, -0.2) is 9.48 Å². The summed E-state index contributed by atoms with van der Waals surface area (Å²) < 4.78 is 9.22. The lowest BCUT2D eigenvalue weighted by atomic mass is 10.3. The highest BCUT2D eigenvalue weighted by Crippen LogP contribution is 2.28. The molecule has 4 rings (SSSR count). The smallest absolute Gasteiger partial charge is 0.409 e. The Morgan fingerprint density at radius 1 is 1.10 bits per heavy atom. The summed E-state index contributed by atoms with van der Waals surface area (Å²) in [5, 5.41) is 4.49. The zero-order chi connectivity index (χ0) is 21.4. The van der Waals surface area contributed by atoms with E-state index < -0.39 is 0 Å². The molecule has 2 amide bonds. The van der Waals surface area contributed by atoms with Crippen molar-refractivity contribution in [2.75, 3.05) is 32.8 Å². The van der Waals surface area contributed by atoms with Gasteiger partial charge in [-0.3, -0.25) is 14.0 Å². The van der Waals surface area contributed by atoms with Crippen molar-refractivity contribution in [3.8, 4) is 0 Å². The molecule has 0 unspecified atom stereocenters. The lowest BCUT2D eigenvalue weighted by molar-refractivity contribution is -0.133. The number of carbonyl (C=O) groups is 2. The van der Waals surface area contributed by atoms with Crippen molar-refractivity contribution in [1.82, 2.24) is 24.0 Å². The first-order valence-corrected chi connectivity index (χ1v) is 11.0. The maximum absolute atomic E-state index is 13.0. The van der Waals surface area contributed by atoms with Gasteiger partial charge in [0, 0.05) is 37.5 Å². The maximum Gasteiger partial charge on any atom is 0.409 e. The molecule has 0 spiro atoms. The van der Waals surface area contributed by atoms with E-state index in [4.69, 9.17) is 4.74 Å². The Hall–Kier alpha value is -2.88. The van der Waals surface area contributed by atoms with Crippen molar-refractivity contribution >= 4 is 39.1 Å². The normalized spacial score (nSPS) is 14.6. The zero-order valence-electron chi connectivity index (χ0n) is 17.4. The average molecular weight is 432 g/mol. The lowest BCUT2D eigenvalue weighted by Gasteiger charge is -2.34. The SMILES string of the molecule is CCOC(=O)N1CCN(C(=O)Cn2nc(CC)n3c(cc4sc(C)cc43)c2=O)CC1. The highest BCUT2D eigenvalue weighted by Gasteiger charge is 2.26. The third kappa shape index (κ3) is 3.55. The van der Waals surface area contributed by atoms with Gasteiger partial charge in [0.25, 0.3) is 5.56 Å². The summed E-state index contributed by atoms with van der Waals surface area (Å²) in [6.45, 7) is 7.66. The Kier molecular flexibility index (Phi) is 5.50. The molecule has 10 heteroatoms. The Labute approximate surface area is 177 Å². The molecule has 1 saturated heterocycles. The number of aromatic nitrogens is 3. The number of carbonyl (C=O) groups excluding carboxylic acids is 2. The second-order valence-corrected chi connectivity index (χ2v) is 8.56. The molecule has 0 aliphatic carbocycles. The summed E-state index contributed by atoms with van der Waals surface area (Å²) in [5.41, 5.74) is 1.26. The number of hydrogen-bond donors (Lipinski definition) is 0. The number of thiophene rings is 1. The molecular weight excluding hydrogens is 406 g/mol. The van der Waals surface area contributed by atoms with Gasteiger partial charge in [0.2, 0.25) is 5.91 Å². The Balaban J connectivity index is 1.55. The number of rotatable bonds is 4. The lowest BCUT2D eigenvalue weighted by Crippen LogP contribution is -2.52. The number of aryl methyl sites for hydroxylation is 2. The van der Waals surface area contributed by atoms with Gasteiger partial charge < -0.3 is 14.5 Å². The fraction of sp³-hybridized carbons (Fsp3) is 0.500. The first-order chi connectivity index (χ1) is 14.4. The highest BCUT2D eigenvalue weighted by atomic mass is 32.1. The summed E-state index contributed by atoms with van der Waals surface area (Å²) >= 11 is 1.64. The molecule has 0 aromatic carbocycles. The van der Waals surface area contributed by atoms with E-state index >= 15 is 0 Å². The third-order valence-corrected chi connectivity index (χ3v) is 6.31. The van der Waals surface area contributed by atoms with Crippen molar-refractivity contribution in [2.45, 2.75) is 33.7 Å². The second-order valence-electron chi connectivity index (χ2n) is 7.27. The Morgan fingerprint density at radius 3 is 2.47 bits per heavy atom. The molecule has 3 aromatic heterocycles. The number of ether oxygens (including phenoxy) is 1. The van der Waals surface area contributed by atoms with Gasteiger partial charge in [0.15, 0.2) is 0 Å². The van der Waals surface area contributed by atoms with Crippen LogP contribution in [0.4, 0.5) is 4.79 Å². The van der Waals surface area contributed by atoms with E-state index in [1.165, 1.54) is 9.56 Å². The van der Waals surface area contributed by atoms with Crippen LogP contribution in [-0.2, 0) is 22.5 Å². The number of fused-ring (bicyclic) bond motifs is 3. The van der Waals surface area contributed by atoms with Crippen LogP contribution >= 0.6 is 11.3 Å². The minimum Gasteiger partial charge on any atom is -0.450 e. The topological polar surface area (TPSA) is 89.2 Å². The molecule has 9 nitrogen and oxygen atoms in total. The quantitative estimate of drug-likeness (QED) is 0.629. The van der Waals surface area contributed by atoms with Crippen molar-refractivity contribution in [2.24, 2.45) is 0 Å². The highest BCUT2D eigenvalue weighted by molar-refractivity contribution is 7.19. The molecule has 0 atom stereocenters. The molecule has 0 N–H and O–H groups in total. The molecule has 0 bridgehead atoms. The summed E-state index contributed by atoms with van der Waals surface area (Å²) in [7, 11) is 0. The largest absolute Gasteiger partial charge is 0.450 e. The van der Waals surface area contributed by atoms with Gasteiger partial charge in [-0.05, 0) is 26.0 Å². The summed E-state index contributed by atoms with van der Waals surface area (Å²) in [4.78, 5) is 42.1. The molecular formula is C20H25N5O4S. The van der Waals surface area contributed by atoms with Crippen molar-refractivity contribution in [1.29, 1.82) is 0 Å². The van der Waals surface area contributed by atoms with E-state index in [9.17, 15) is 14.4 Å². The Bertz CT molecular complexity index is 1170. The monoisotopic (exact) mass is 431 g/mol. The first kappa shape index (κ1) is 20.4. The van der Waals surface area contributed by atoms with E-state index in [2.05, 4.69) is 11.2 Å². The standard InChI is InChI=1S/C20H25N5O4S/c1-4-17-21-24(19(27)15-11-16-14(25(15)17)10-13(3)30-16)12-18(26)22-6-8-23(9-7-22)20(28)29-5-2/h10-11H,4-9,12H2,1-3H3. The van der Waals surface area contributed by atoms with Crippen LogP contribution < -0.4 is 5.56 Å². The van der Waals surface area contributed by atoms with Crippen LogP contribution in [0.25, 0.3) is 15.7 Å². The van der Waals surface area contributed by atoms with Gasteiger partial charge in [0.05, 0.1) is 16.8 Å². The molecule has 4 heterocycles. The van der Waals surface area contributed by atoms with Crippen molar-refractivity contribution in [3.63, 3.8) is 0 Å². The Morgan fingerprint density at radius 2 is 1.80 bits per heavy atom. The zero-order valence-corrected chi connectivity index (χ0v) is 18.2. The van der Waals surface area contributed by atoms with Crippen LogP contribution in [0.3, 0.4) is 0 Å². The fourth-order valence-corrected chi connectivity index (χ4v) is 4.77. The summed E-state index contributed by atoms with van der Waals surface area (Å²) in [6.07, 6.45) is 0.283. The van der Waals surface area contributed by atoms with Crippen LogP contribution in [0, 0.1) is 6.92 Å². The maximum atomic E-state index is 13.0. The summed E-state index contributed by atoms with van der Waals surface area (Å²) in [6, 6.07) is 3.95. The number of hydrogen-bond acceptors (Lipinski definition) is 6. The van der Waals surface area contributed by atoms with Crippen LogP contribution in [0.15, 0.2) is 16.9 Å². The van der Waals surface area contributed by atoms with E-state index in [1.54, 1.807) is 28.1 Å². The van der Waals surface area contributed by atoms with Crippen LogP contribution in [0.2, 0.25) is 0 Å². The number of nitrogens with zero attached hydrogens (tertiary/aromatic N) is 5. The fourth-order valence-electron chi connectivity index (χ4n) is 3.83. The number of piperazine rings is 1. The van der Waals surface area contributed by atoms with Gasteiger partial charge in [-0.1, -0.05) is 6.92 Å². The van der Waals surface area contributed by atoms with E-state index in [1.807, 2.05) is 24.3 Å². The minimum atomic E-state index is -0.357. The second kappa shape index (κ2) is 8.10. The molecule has 0 radical (unpaired) electrons. The predicted molar refractivity (Wildman–Crippen MR) is 114 cm³/mol. The van der Waals surface area contributed by atoms with E-state index in [0.29, 0.717) is 44.7 Å². The van der Waals surface area contributed by atoms with Crippen molar-refractivity contribution < 1.29 is 14.3 Å². The molecule has 1 aliphatic rings. The minimum absolute atomic E-state index is 0.112. The molecule has 0 saturated carbocycles. The predicted octanol–water partition coefficient (Wildman–Crippen LogP) is 1.88. The van der Waals surface area contributed by atoms with E-state index in [0.717, 1.165) is 16.0 Å². The molecule has 160 valence electrons. The first-order valence-electron chi connectivity index (χ1n) is 10.1. The van der Waals surface area contributed by atoms with Gasteiger partial charge >= 0.3 is 6.09 Å². The number of amides is 2. The summed E-state index contributed by atoms with van der Waals surface area (Å²) in [5.74, 6) is 0.570. The molecule has 1 fully saturated rings. The van der Waals surface area contributed by atoms with E-state index in [-0.39, 0.29) is 24.1 Å². The molecule has 30 heavy (non-hydrogen) atoms. The molecule has 3 aromatic rings. The third-order valence-electron chi connectivity index (χ3n) is 5.32. The van der Waals surface area contributed by atoms with Gasteiger partial charge in [0.1, 0.15) is 17.9 Å². The van der Waals surface area contributed by atoms with Crippen LogP contribution in [0.1, 0.15) is 24.5 Å². The van der Waals surface area contributed by atoms with Gasteiger partial charge in [-0.2, -0.15) is 5.10 Å². The van der Waals surface area contributed by atoms with Crippen molar-refractivity contribution in [3.05, 3.63) is 33.2 Å².